The number of hydrogen-bond acceptors (Lipinski definition) is 4. The lowest BCUT2D eigenvalue weighted by Crippen LogP contribution is -2.29. The van der Waals surface area contributed by atoms with Crippen molar-refractivity contribution in [1.29, 1.82) is 0 Å². The molecule has 0 aliphatic carbocycles. The van der Waals surface area contributed by atoms with Crippen molar-refractivity contribution in [2.45, 2.75) is 46.1 Å². The standard InChI is InChI=1S/C20H28ClN3O2/c1-11(2)24-10-14(9-21)19-15(24)8-16(26-17(25)6-7-22-5)20-18(19)12(3)13(4)23-20/h8,11,14,22-23H,6-7,9-10H2,1-5H3. The molecule has 0 spiro atoms. The van der Waals surface area contributed by atoms with Crippen LogP contribution in [0.3, 0.4) is 0 Å². The molecule has 1 aromatic carbocycles. The molecule has 5 nitrogen and oxygen atoms in total. The van der Waals surface area contributed by atoms with E-state index in [1.807, 2.05) is 13.1 Å². The lowest BCUT2D eigenvalue weighted by molar-refractivity contribution is -0.134. The second-order valence-corrected chi connectivity index (χ2v) is 7.67. The fraction of sp³-hybridized carbons (Fsp3) is 0.550. The number of aryl methyl sites for hydroxylation is 2. The molecule has 2 aromatic rings. The number of aromatic amines is 1. The SMILES string of the molecule is CNCCC(=O)Oc1cc2c(c3c(C)c(C)[nH]c13)C(CCl)CN2C(C)C. The van der Waals surface area contributed by atoms with Crippen molar-refractivity contribution >= 4 is 34.2 Å². The highest BCUT2D eigenvalue weighted by Crippen LogP contribution is 2.47. The molecular weight excluding hydrogens is 350 g/mol. The highest BCUT2D eigenvalue weighted by Gasteiger charge is 2.34. The maximum absolute atomic E-state index is 12.2. The summed E-state index contributed by atoms with van der Waals surface area (Å²) in [5.74, 6) is 1.24. The summed E-state index contributed by atoms with van der Waals surface area (Å²) in [5, 5.41) is 4.14. The van der Waals surface area contributed by atoms with E-state index in [9.17, 15) is 4.79 Å². The molecule has 1 atom stereocenters. The topological polar surface area (TPSA) is 57.4 Å². The number of benzene rings is 1. The van der Waals surface area contributed by atoms with E-state index in [1.54, 1.807) is 0 Å². The number of ether oxygens (including phenoxy) is 1. The van der Waals surface area contributed by atoms with Gasteiger partial charge < -0.3 is 19.9 Å². The van der Waals surface area contributed by atoms with Crippen molar-refractivity contribution < 1.29 is 9.53 Å². The van der Waals surface area contributed by atoms with E-state index in [1.165, 1.54) is 11.1 Å². The highest BCUT2D eigenvalue weighted by molar-refractivity contribution is 6.19. The molecule has 2 heterocycles. The third-order valence-electron chi connectivity index (χ3n) is 5.31. The Labute approximate surface area is 160 Å². The Hall–Kier alpha value is -1.72. The summed E-state index contributed by atoms with van der Waals surface area (Å²) in [6.07, 6.45) is 0.339. The number of anilines is 1. The lowest BCUT2D eigenvalue weighted by atomic mass is 9.96. The minimum Gasteiger partial charge on any atom is -0.424 e. The minimum atomic E-state index is -0.228. The van der Waals surface area contributed by atoms with Gasteiger partial charge in [-0.2, -0.15) is 0 Å². The Bertz CT molecular complexity index is 828. The molecule has 0 radical (unpaired) electrons. The second kappa shape index (κ2) is 7.49. The molecule has 3 rings (SSSR count). The summed E-state index contributed by atoms with van der Waals surface area (Å²) in [7, 11) is 1.82. The Balaban J connectivity index is 2.17. The molecule has 1 aliphatic rings. The van der Waals surface area contributed by atoms with Crippen molar-refractivity contribution in [1.82, 2.24) is 10.3 Å². The van der Waals surface area contributed by atoms with Gasteiger partial charge in [-0.3, -0.25) is 4.79 Å². The molecule has 142 valence electrons. The van der Waals surface area contributed by atoms with Crippen molar-refractivity contribution in [3.05, 3.63) is 22.9 Å². The van der Waals surface area contributed by atoms with Gasteiger partial charge in [0, 0.05) is 53.8 Å². The largest absolute Gasteiger partial charge is 0.424 e. The maximum atomic E-state index is 12.2. The van der Waals surface area contributed by atoms with Crippen LogP contribution in [-0.2, 0) is 4.79 Å². The van der Waals surface area contributed by atoms with Gasteiger partial charge in [-0.25, -0.2) is 0 Å². The van der Waals surface area contributed by atoms with Crippen molar-refractivity contribution in [3.63, 3.8) is 0 Å². The zero-order chi connectivity index (χ0) is 19.0. The van der Waals surface area contributed by atoms with E-state index >= 15 is 0 Å². The highest BCUT2D eigenvalue weighted by atomic mass is 35.5. The first-order chi connectivity index (χ1) is 12.4. The molecule has 0 amide bonds. The summed E-state index contributed by atoms with van der Waals surface area (Å²) >= 11 is 6.32. The van der Waals surface area contributed by atoms with Gasteiger partial charge in [0.15, 0.2) is 5.75 Å². The van der Waals surface area contributed by atoms with Crippen LogP contribution < -0.4 is 15.0 Å². The van der Waals surface area contributed by atoms with Crippen molar-refractivity contribution in [2.24, 2.45) is 0 Å². The quantitative estimate of drug-likeness (QED) is 0.456. The van der Waals surface area contributed by atoms with E-state index in [0.717, 1.165) is 28.8 Å². The number of carbonyl (C=O) groups is 1. The fourth-order valence-corrected chi connectivity index (χ4v) is 4.07. The molecule has 0 saturated carbocycles. The number of nitrogens with zero attached hydrogens (tertiary/aromatic N) is 1. The molecule has 0 bridgehead atoms. The Morgan fingerprint density at radius 3 is 2.81 bits per heavy atom. The summed E-state index contributed by atoms with van der Waals surface area (Å²) in [5.41, 5.74) is 5.61. The van der Waals surface area contributed by atoms with Crippen LogP contribution in [-0.4, -0.2) is 43.0 Å². The molecule has 1 unspecified atom stereocenters. The van der Waals surface area contributed by atoms with Gasteiger partial charge in [0.1, 0.15) is 0 Å². The first-order valence-corrected chi connectivity index (χ1v) is 9.76. The van der Waals surface area contributed by atoms with E-state index in [2.05, 4.69) is 42.9 Å². The van der Waals surface area contributed by atoms with Gasteiger partial charge >= 0.3 is 5.97 Å². The lowest BCUT2D eigenvalue weighted by Gasteiger charge is -2.24. The first-order valence-electron chi connectivity index (χ1n) is 9.22. The second-order valence-electron chi connectivity index (χ2n) is 7.36. The van der Waals surface area contributed by atoms with E-state index in [-0.39, 0.29) is 11.9 Å². The zero-order valence-corrected chi connectivity index (χ0v) is 17.0. The van der Waals surface area contributed by atoms with E-state index in [0.29, 0.717) is 30.6 Å². The van der Waals surface area contributed by atoms with Gasteiger partial charge in [0.25, 0.3) is 0 Å². The van der Waals surface area contributed by atoms with Crippen LogP contribution in [0.25, 0.3) is 10.9 Å². The van der Waals surface area contributed by atoms with Crippen LogP contribution in [0.4, 0.5) is 5.69 Å². The average Bonchev–Trinajstić information content (AvgIpc) is 3.11. The van der Waals surface area contributed by atoms with E-state index in [4.69, 9.17) is 16.3 Å². The van der Waals surface area contributed by atoms with E-state index < -0.39 is 0 Å². The van der Waals surface area contributed by atoms with Gasteiger partial charge in [-0.05, 0) is 45.9 Å². The minimum absolute atomic E-state index is 0.228. The number of nitrogens with one attached hydrogen (secondary N) is 2. The monoisotopic (exact) mass is 377 g/mol. The maximum Gasteiger partial charge on any atom is 0.312 e. The predicted molar refractivity (Wildman–Crippen MR) is 108 cm³/mol. The number of esters is 1. The van der Waals surface area contributed by atoms with Crippen LogP contribution in [0.2, 0.25) is 0 Å². The number of alkyl halides is 1. The Morgan fingerprint density at radius 1 is 1.46 bits per heavy atom. The number of aromatic nitrogens is 1. The number of rotatable bonds is 6. The number of H-pyrrole nitrogens is 1. The van der Waals surface area contributed by atoms with Gasteiger partial charge in [-0.15, -0.1) is 11.6 Å². The zero-order valence-electron chi connectivity index (χ0n) is 16.2. The van der Waals surface area contributed by atoms with Crippen LogP contribution in [0, 0.1) is 13.8 Å². The predicted octanol–water partition coefficient (Wildman–Crippen LogP) is 3.85. The molecule has 2 N–H and O–H groups in total. The Kier molecular flexibility index (Phi) is 5.49. The molecule has 0 saturated heterocycles. The van der Waals surface area contributed by atoms with Crippen LogP contribution in [0.5, 0.6) is 5.75 Å². The van der Waals surface area contributed by atoms with Crippen LogP contribution in [0.15, 0.2) is 6.07 Å². The molecule has 1 aliphatic heterocycles. The smallest absolute Gasteiger partial charge is 0.312 e. The summed E-state index contributed by atoms with van der Waals surface area (Å²) in [6.45, 7) is 10.0. The fourth-order valence-electron chi connectivity index (χ4n) is 3.82. The Morgan fingerprint density at radius 2 is 2.19 bits per heavy atom. The molecule has 0 fully saturated rings. The average molecular weight is 378 g/mol. The van der Waals surface area contributed by atoms with Crippen molar-refractivity contribution in [3.8, 4) is 5.75 Å². The van der Waals surface area contributed by atoms with Crippen LogP contribution >= 0.6 is 11.6 Å². The molecular formula is C20H28ClN3O2. The number of hydrogen-bond donors (Lipinski definition) is 2. The first kappa shape index (κ1) is 19.1. The summed E-state index contributed by atoms with van der Waals surface area (Å²) < 4.78 is 5.75. The number of halogens is 1. The van der Waals surface area contributed by atoms with Crippen LogP contribution in [0.1, 0.15) is 43.0 Å². The number of carbonyl (C=O) groups excluding carboxylic acids is 1. The molecule has 26 heavy (non-hydrogen) atoms. The van der Waals surface area contributed by atoms with Gasteiger partial charge in [0.2, 0.25) is 0 Å². The van der Waals surface area contributed by atoms with Crippen molar-refractivity contribution in [2.75, 3.05) is 30.9 Å². The third-order valence-corrected chi connectivity index (χ3v) is 5.68. The third kappa shape index (κ3) is 3.19. The number of fused-ring (bicyclic) bond motifs is 3. The molecule has 6 heteroatoms. The van der Waals surface area contributed by atoms with Gasteiger partial charge in [0.05, 0.1) is 11.9 Å². The van der Waals surface area contributed by atoms with Gasteiger partial charge in [-0.1, -0.05) is 0 Å². The summed E-state index contributed by atoms with van der Waals surface area (Å²) in [4.78, 5) is 18.0. The summed E-state index contributed by atoms with van der Waals surface area (Å²) in [6, 6.07) is 2.37. The normalized spacial score (nSPS) is 16.6. The molecule has 1 aromatic heterocycles.